The molecule has 1 aromatic carbocycles. The van der Waals surface area contributed by atoms with Crippen LogP contribution in [0.5, 0.6) is 11.5 Å². The summed E-state index contributed by atoms with van der Waals surface area (Å²) in [7, 11) is 0. The first-order chi connectivity index (χ1) is 10.7. The summed E-state index contributed by atoms with van der Waals surface area (Å²) in [5, 5.41) is 3.01. The molecule has 23 heavy (non-hydrogen) atoms. The Bertz CT molecular complexity index is 545. The van der Waals surface area contributed by atoms with Crippen LogP contribution in [-0.2, 0) is 11.3 Å². The normalized spacial score (nSPS) is 18.1. The summed E-state index contributed by atoms with van der Waals surface area (Å²) in [5.41, 5.74) is 6.90. The van der Waals surface area contributed by atoms with Gasteiger partial charge in [-0.2, -0.15) is 0 Å². The molecular formula is C17H25ClN2O3. The molecule has 3 rings (SSSR count). The van der Waals surface area contributed by atoms with Crippen LogP contribution < -0.4 is 20.5 Å². The lowest BCUT2D eigenvalue weighted by molar-refractivity contribution is -0.124. The van der Waals surface area contributed by atoms with E-state index in [2.05, 4.69) is 5.32 Å². The summed E-state index contributed by atoms with van der Waals surface area (Å²) in [4.78, 5) is 12.3. The highest BCUT2D eigenvalue weighted by atomic mass is 35.5. The molecule has 1 aliphatic carbocycles. The summed E-state index contributed by atoms with van der Waals surface area (Å²) >= 11 is 0. The fraction of sp³-hybridized carbons (Fsp3) is 0.588. The number of hydrogen-bond donors (Lipinski definition) is 2. The Labute approximate surface area is 143 Å². The Hall–Kier alpha value is -1.46. The van der Waals surface area contributed by atoms with Crippen LogP contribution in [0.3, 0.4) is 0 Å². The molecule has 0 spiro atoms. The third kappa shape index (κ3) is 4.09. The largest absolute Gasteiger partial charge is 0.454 e. The lowest BCUT2D eigenvalue weighted by atomic mass is 9.71. The van der Waals surface area contributed by atoms with Crippen LogP contribution in [-0.4, -0.2) is 19.2 Å². The van der Waals surface area contributed by atoms with E-state index in [1.807, 2.05) is 18.2 Å². The van der Waals surface area contributed by atoms with E-state index in [-0.39, 0.29) is 30.5 Å². The molecule has 2 aliphatic rings. The van der Waals surface area contributed by atoms with E-state index < -0.39 is 0 Å². The number of benzene rings is 1. The van der Waals surface area contributed by atoms with Gasteiger partial charge in [0, 0.05) is 18.5 Å². The molecule has 128 valence electrons. The van der Waals surface area contributed by atoms with Crippen molar-refractivity contribution in [3.05, 3.63) is 23.8 Å². The number of ether oxygens (including phenoxy) is 2. The second-order valence-corrected chi connectivity index (χ2v) is 6.37. The van der Waals surface area contributed by atoms with Crippen molar-refractivity contribution in [2.24, 2.45) is 11.1 Å². The molecule has 5 nitrogen and oxygen atoms in total. The Balaban J connectivity index is 0.00000192. The Kier molecular flexibility index (Phi) is 6.13. The molecule has 0 saturated heterocycles. The average molecular weight is 341 g/mol. The molecule has 1 aliphatic heterocycles. The molecule has 6 heteroatoms. The Morgan fingerprint density at radius 1 is 1.22 bits per heavy atom. The second kappa shape index (κ2) is 7.88. The maximum atomic E-state index is 12.3. The van der Waals surface area contributed by atoms with Crippen LogP contribution in [0.15, 0.2) is 18.2 Å². The van der Waals surface area contributed by atoms with Gasteiger partial charge in [0.2, 0.25) is 12.7 Å². The van der Waals surface area contributed by atoms with Gasteiger partial charge >= 0.3 is 0 Å². The van der Waals surface area contributed by atoms with Crippen LogP contribution in [0.2, 0.25) is 0 Å². The zero-order valence-corrected chi connectivity index (χ0v) is 14.1. The maximum absolute atomic E-state index is 12.3. The van der Waals surface area contributed by atoms with Crippen molar-refractivity contribution in [3.8, 4) is 11.5 Å². The van der Waals surface area contributed by atoms with E-state index in [0.717, 1.165) is 29.9 Å². The average Bonchev–Trinajstić information content (AvgIpc) is 3.03. The number of rotatable bonds is 5. The third-order valence-electron chi connectivity index (χ3n) is 4.84. The lowest BCUT2D eigenvalue weighted by Gasteiger charge is -2.35. The molecule has 3 N–H and O–H groups in total. The van der Waals surface area contributed by atoms with E-state index >= 15 is 0 Å². The van der Waals surface area contributed by atoms with Gasteiger partial charge in [0.15, 0.2) is 11.5 Å². The fourth-order valence-corrected chi connectivity index (χ4v) is 3.48. The summed E-state index contributed by atoms with van der Waals surface area (Å²) in [6.45, 7) is 1.31. The van der Waals surface area contributed by atoms with Gasteiger partial charge in [-0.15, -0.1) is 12.4 Å². The Morgan fingerprint density at radius 3 is 2.74 bits per heavy atom. The minimum atomic E-state index is 0. The molecule has 1 amide bonds. The van der Waals surface area contributed by atoms with Crippen LogP contribution in [0.25, 0.3) is 0 Å². The van der Waals surface area contributed by atoms with Gasteiger partial charge in [-0.3, -0.25) is 4.79 Å². The number of hydrogen-bond acceptors (Lipinski definition) is 4. The molecule has 1 fully saturated rings. The van der Waals surface area contributed by atoms with Crippen molar-refractivity contribution in [1.29, 1.82) is 0 Å². The molecule has 0 bridgehead atoms. The van der Waals surface area contributed by atoms with Gasteiger partial charge in [-0.25, -0.2) is 0 Å². The zero-order chi connectivity index (χ0) is 15.4. The minimum absolute atomic E-state index is 0. The van der Waals surface area contributed by atoms with E-state index in [1.165, 1.54) is 19.3 Å². The fourth-order valence-electron chi connectivity index (χ4n) is 3.48. The van der Waals surface area contributed by atoms with Crippen LogP contribution >= 0.6 is 12.4 Å². The van der Waals surface area contributed by atoms with Crippen molar-refractivity contribution in [3.63, 3.8) is 0 Å². The third-order valence-corrected chi connectivity index (χ3v) is 4.84. The molecular weight excluding hydrogens is 316 g/mol. The van der Waals surface area contributed by atoms with E-state index in [0.29, 0.717) is 19.5 Å². The van der Waals surface area contributed by atoms with Crippen molar-refractivity contribution in [1.82, 2.24) is 5.32 Å². The standard InChI is InChI=1S/C17H24N2O3.ClH/c18-11-17(7-2-1-3-8-17)9-15(20)19-10-13-5-4-6-14-16(13)22-12-21-14;/h4-6H,1-3,7-12,18H2,(H,19,20);1H. The number of nitrogens with two attached hydrogens (primary N) is 1. The van der Waals surface area contributed by atoms with Crippen molar-refractivity contribution in [2.75, 3.05) is 13.3 Å². The van der Waals surface area contributed by atoms with Gasteiger partial charge in [-0.1, -0.05) is 31.4 Å². The second-order valence-electron chi connectivity index (χ2n) is 6.37. The highest BCUT2D eigenvalue weighted by Crippen LogP contribution is 2.38. The number of para-hydroxylation sites is 1. The summed E-state index contributed by atoms with van der Waals surface area (Å²) < 4.78 is 10.8. The smallest absolute Gasteiger partial charge is 0.231 e. The topological polar surface area (TPSA) is 73.6 Å². The van der Waals surface area contributed by atoms with Crippen LogP contribution in [0.1, 0.15) is 44.1 Å². The van der Waals surface area contributed by atoms with Crippen molar-refractivity contribution < 1.29 is 14.3 Å². The summed E-state index contributed by atoms with van der Waals surface area (Å²) in [5.74, 6) is 1.57. The molecule has 0 radical (unpaired) electrons. The van der Waals surface area contributed by atoms with Gasteiger partial charge < -0.3 is 20.5 Å². The number of amides is 1. The highest BCUT2D eigenvalue weighted by Gasteiger charge is 2.32. The van der Waals surface area contributed by atoms with Gasteiger partial charge in [0.1, 0.15) is 0 Å². The first kappa shape index (κ1) is 17.9. The monoisotopic (exact) mass is 340 g/mol. The van der Waals surface area contributed by atoms with E-state index in [9.17, 15) is 4.79 Å². The number of carbonyl (C=O) groups is 1. The molecule has 0 aromatic heterocycles. The molecule has 0 atom stereocenters. The number of halogens is 1. The zero-order valence-electron chi connectivity index (χ0n) is 13.3. The lowest BCUT2D eigenvalue weighted by Crippen LogP contribution is -2.38. The van der Waals surface area contributed by atoms with Crippen LogP contribution in [0, 0.1) is 5.41 Å². The minimum Gasteiger partial charge on any atom is -0.454 e. The maximum Gasteiger partial charge on any atom is 0.231 e. The van der Waals surface area contributed by atoms with E-state index in [1.54, 1.807) is 0 Å². The predicted octanol–water partition coefficient (Wildman–Crippen LogP) is 2.75. The highest BCUT2D eigenvalue weighted by molar-refractivity contribution is 5.85. The Morgan fingerprint density at radius 2 is 2.00 bits per heavy atom. The number of nitrogens with one attached hydrogen (secondary N) is 1. The summed E-state index contributed by atoms with van der Waals surface area (Å²) in [6, 6.07) is 5.74. The molecule has 1 aromatic rings. The molecule has 1 saturated carbocycles. The first-order valence-corrected chi connectivity index (χ1v) is 8.07. The van der Waals surface area contributed by atoms with Gasteiger partial charge in [0.05, 0.1) is 0 Å². The number of carbonyl (C=O) groups excluding carboxylic acids is 1. The molecule has 0 unspecified atom stereocenters. The van der Waals surface area contributed by atoms with Gasteiger partial charge in [0.25, 0.3) is 0 Å². The van der Waals surface area contributed by atoms with Gasteiger partial charge in [-0.05, 0) is 30.9 Å². The SMILES string of the molecule is Cl.NCC1(CC(=O)NCc2cccc3c2OCO3)CCCCC1. The van der Waals surface area contributed by atoms with Crippen molar-refractivity contribution >= 4 is 18.3 Å². The quantitative estimate of drug-likeness (QED) is 0.864. The van der Waals surface area contributed by atoms with Crippen molar-refractivity contribution in [2.45, 2.75) is 45.1 Å². The van der Waals surface area contributed by atoms with E-state index in [4.69, 9.17) is 15.2 Å². The predicted molar refractivity (Wildman–Crippen MR) is 90.8 cm³/mol. The number of fused-ring (bicyclic) bond motifs is 1. The summed E-state index contributed by atoms with van der Waals surface area (Å²) in [6.07, 6.45) is 6.28. The first-order valence-electron chi connectivity index (χ1n) is 8.07. The molecule has 1 heterocycles. The van der Waals surface area contributed by atoms with Crippen LogP contribution in [0.4, 0.5) is 0 Å².